The van der Waals surface area contributed by atoms with Crippen LogP contribution in [0.2, 0.25) is 0 Å². The summed E-state index contributed by atoms with van der Waals surface area (Å²) in [6.07, 6.45) is 4.42. The summed E-state index contributed by atoms with van der Waals surface area (Å²) in [4.78, 5) is 17.6. The van der Waals surface area contributed by atoms with Crippen LogP contribution in [-0.4, -0.2) is 12.1 Å². The summed E-state index contributed by atoms with van der Waals surface area (Å²) in [7, 11) is -1.80. The van der Waals surface area contributed by atoms with Crippen molar-refractivity contribution in [2.24, 2.45) is 0 Å². The Morgan fingerprint density at radius 3 is 1.50 bits per heavy atom. The molecule has 34 heavy (non-hydrogen) atoms. The molecule has 0 bridgehead atoms. The number of amides is 1. The average molecular weight is 469 g/mol. The molecule has 0 aliphatic carbocycles. The Morgan fingerprint density at radius 2 is 1.03 bits per heavy atom. The van der Waals surface area contributed by atoms with Crippen molar-refractivity contribution in [3.05, 3.63) is 121 Å². The molecule has 0 aliphatic rings. The highest BCUT2D eigenvalue weighted by Crippen LogP contribution is 2.55. The number of hydrogen-bond acceptors (Lipinski definition) is 2. The van der Waals surface area contributed by atoms with E-state index in [0.717, 1.165) is 25.4 Å². The molecule has 0 unspecified atom stereocenters. The molecule has 1 N–H and O–H groups in total. The van der Waals surface area contributed by atoms with Crippen molar-refractivity contribution in [3.8, 4) is 5.75 Å². The largest absolute Gasteiger partial charge is 0.380 e. The molecule has 0 radical (unpaired) electrons. The zero-order valence-corrected chi connectivity index (χ0v) is 20.2. The number of rotatable bonds is 11. The van der Waals surface area contributed by atoms with E-state index in [0.29, 0.717) is 12.2 Å². The minimum atomic E-state index is -1.80. The lowest BCUT2D eigenvalue weighted by Gasteiger charge is -2.27. The zero-order valence-electron chi connectivity index (χ0n) is 19.3. The topological polar surface area (TPSA) is 38.3 Å². The van der Waals surface area contributed by atoms with Gasteiger partial charge in [-0.05, 0) is 67.8 Å². The van der Waals surface area contributed by atoms with Crippen molar-refractivity contribution < 1.29 is 9.63 Å². The molecule has 0 heterocycles. The van der Waals surface area contributed by atoms with Crippen LogP contribution in [0.15, 0.2) is 121 Å². The van der Waals surface area contributed by atoms with E-state index in [1.54, 1.807) is 0 Å². The number of nitrogens with one attached hydrogen (secondary N) is 1. The second kappa shape index (κ2) is 12.2. The summed E-state index contributed by atoms with van der Waals surface area (Å²) in [6.45, 7) is 0. The molecule has 0 aromatic heterocycles. The Balaban J connectivity index is 1.44. The van der Waals surface area contributed by atoms with E-state index in [1.807, 2.05) is 30.3 Å². The smallest absolute Gasteiger partial charge is 0.252 e. The molecule has 172 valence electrons. The van der Waals surface area contributed by atoms with Gasteiger partial charge in [-0.2, -0.15) is 5.48 Å². The van der Waals surface area contributed by atoms with Crippen LogP contribution in [0.1, 0.15) is 25.7 Å². The Morgan fingerprint density at radius 1 is 0.588 bits per heavy atom. The molecule has 0 spiro atoms. The molecule has 0 aliphatic heterocycles. The van der Waals surface area contributed by atoms with E-state index in [2.05, 4.69) is 96.5 Å². The van der Waals surface area contributed by atoms with Crippen molar-refractivity contribution in [1.29, 1.82) is 0 Å². The van der Waals surface area contributed by atoms with Crippen LogP contribution in [0, 0.1) is 0 Å². The van der Waals surface area contributed by atoms with Gasteiger partial charge in [0.25, 0.3) is 5.91 Å². The van der Waals surface area contributed by atoms with Gasteiger partial charge in [0.05, 0.1) is 6.16 Å². The Bertz CT molecular complexity index is 1040. The third kappa shape index (κ3) is 5.92. The molecular formula is C30H31NO2P+. The minimum Gasteiger partial charge on any atom is -0.380 e. The molecular weight excluding hydrogens is 437 g/mol. The van der Waals surface area contributed by atoms with Crippen molar-refractivity contribution in [2.75, 3.05) is 6.16 Å². The Labute approximate surface area is 203 Å². The van der Waals surface area contributed by atoms with Gasteiger partial charge in [0.2, 0.25) is 0 Å². The van der Waals surface area contributed by atoms with Gasteiger partial charge in [0, 0.05) is 6.42 Å². The summed E-state index contributed by atoms with van der Waals surface area (Å²) in [5, 5.41) is 4.21. The van der Waals surface area contributed by atoms with Gasteiger partial charge in [0.1, 0.15) is 23.2 Å². The molecule has 1 amide bonds. The number of para-hydroxylation sites is 1. The second-order valence-electron chi connectivity index (χ2n) is 8.29. The van der Waals surface area contributed by atoms with Gasteiger partial charge in [0.15, 0.2) is 5.75 Å². The van der Waals surface area contributed by atoms with Crippen molar-refractivity contribution in [2.45, 2.75) is 25.7 Å². The van der Waals surface area contributed by atoms with Gasteiger partial charge in [-0.15, -0.1) is 0 Å². The summed E-state index contributed by atoms with van der Waals surface area (Å²) in [6, 6.07) is 42.1. The van der Waals surface area contributed by atoms with E-state index in [-0.39, 0.29) is 5.91 Å². The fourth-order valence-corrected chi connectivity index (χ4v) is 8.76. The third-order valence-corrected chi connectivity index (χ3v) is 10.5. The van der Waals surface area contributed by atoms with Crippen molar-refractivity contribution in [1.82, 2.24) is 5.48 Å². The molecule has 4 aromatic carbocycles. The van der Waals surface area contributed by atoms with Crippen LogP contribution >= 0.6 is 7.26 Å². The van der Waals surface area contributed by atoms with Gasteiger partial charge in [-0.25, -0.2) is 0 Å². The van der Waals surface area contributed by atoms with E-state index < -0.39 is 7.26 Å². The summed E-state index contributed by atoms with van der Waals surface area (Å²) in [5.74, 6) is 0.554. The maximum atomic E-state index is 12.2. The van der Waals surface area contributed by atoms with Crippen LogP contribution in [0.25, 0.3) is 0 Å². The molecule has 4 heteroatoms. The predicted molar refractivity (Wildman–Crippen MR) is 144 cm³/mol. The van der Waals surface area contributed by atoms with Gasteiger partial charge in [-0.3, -0.25) is 4.79 Å². The molecule has 3 nitrogen and oxygen atoms in total. The Hall–Kier alpha value is -3.42. The fraction of sp³-hybridized carbons (Fsp3) is 0.167. The molecule has 4 aromatic rings. The van der Waals surface area contributed by atoms with Crippen LogP contribution < -0.4 is 26.2 Å². The number of carbonyl (C=O) groups is 1. The van der Waals surface area contributed by atoms with Crippen molar-refractivity contribution in [3.63, 3.8) is 0 Å². The maximum Gasteiger partial charge on any atom is 0.252 e. The summed E-state index contributed by atoms with van der Waals surface area (Å²) in [5.41, 5.74) is 2.55. The summed E-state index contributed by atoms with van der Waals surface area (Å²) < 4.78 is 0. The first-order chi connectivity index (χ1) is 16.8. The lowest BCUT2D eigenvalue weighted by molar-refractivity contribution is -0.127. The molecule has 0 atom stereocenters. The Kier molecular flexibility index (Phi) is 8.48. The highest BCUT2D eigenvalue weighted by molar-refractivity contribution is 7.95. The van der Waals surface area contributed by atoms with Gasteiger partial charge >= 0.3 is 0 Å². The minimum absolute atomic E-state index is 0.0842. The molecule has 0 saturated heterocycles. The first-order valence-corrected chi connectivity index (χ1v) is 13.8. The second-order valence-corrected chi connectivity index (χ2v) is 11.9. The first kappa shape index (κ1) is 23.7. The number of hydrogen-bond donors (Lipinski definition) is 1. The maximum absolute atomic E-state index is 12.2. The SMILES string of the molecule is O=C(CCCCC[P+](c1ccccc1)(c1ccccc1)c1ccccc1)NOc1ccccc1. The average Bonchev–Trinajstić information content (AvgIpc) is 2.92. The molecule has 4 rings (SSSR count). The monoisotopic (exact) mass is 468 g/mol. The van der Waals surface area contributed by atoms with Crippen molar-refractivity contribution >= 4 is 29.1 Å². The zero-order chi connectivity index (χ0) is 23.5. The number of carbonyl (C=O) groups excluding carboxylic acids is 1. The molecule has 0 saturated carbocycles. The lowest BCUT2D eigenvalue weighted by atomic mass is 10.2. The third-order valence-electron chi connectivity index (χ3n) is 6.01. The number of hydroxylamine groups is 1. The van der Waals surface area contributed by atoms with Crippen LogP contribution in [0.5, 0.6) is 5.75 Å². The normalized spacial score (nSPS) is 11.1. The summed E-state index contributed by atoms with van der Waals surface area (Å²) >= 11 is 0. The quantitative estimate of drug-likeness (QED) is 0.175. The van der Waals surface area contributed by atoms with Crippen LogP contribution in [0.3, 0.4) is 0 Å². The van der Waals surface area contributed by atoms with Crippen LogP contribution in [-0.2, 0) is 4.79 Å². The number of benzene rings is 4. The van der Waals surface area contributed by atoms with E-state index in [1.165, 1.54) is 15.9 Å². The predicted octanol–water partition coefficient (Wildman–Crippen LogP) is 5.65. The van der Waals surface area contributed by atoms with E-state index in [9.17, 15) is 4.79 Å². The standard InChI is InChI=1S/C30H30NO2P/c32-30(31-33-26-16-6-1-7-17-26)24-14-5-15-25-34(27-18-8-2-9-19-27,28-20-10-3-11-21-28)29-22-12-4-13-23-29/h1-4,6-13,16-23H,5,14-15,24-25H2/p+1. The highest BCUT2D eigenvalue weighted by Gasteiger charge is 2.44. The van der Waals surface area contributed by atoms with E-state index in [4.69, 9.17) is 4.84 Å². The van der Waals surface area contributed by atoms with Gasteiger partial charge in [-0.1, -0.05) is 72.8 Å². The fourth-order valence-electron chi connectivity index (χ4n) is 4.35. The lowest BCUT2D eigenvalue weighted by Crippen LogP contribution is -2.33. The van der Waals surface area contributed by atoms with Crippen LogP contribution in [0.4, 0.5) is 0 Å². The first-order valence-electron chi connectivity index (χ1n) is 11.8. The van der Waals surface area contributed by atoms with Gasteiger partial charge < -0.3 is 4.84 Å². The molecule has 0 fully saturated rings. The van der Waals surface area contributed by atoms with E-state index >= 15 is 0 Å². The number of unbranched alkanes of at least 4 members (excludes halogenated alkanes) is 2. The highest BCUT2D eigenvalue weighted by atomic mass is 31.2.